The second-order valence-corrected chi connectivity index (χ2v) is 8.00. The number of rotatable bonds is 4. The van der Waals surface area contributed by atoms with Crippen LogP contribution in [0.15, 0.2) is 59.5 Å². The van der Waals surface area contributed by atoms with Gasteiger partial charge in [-0.3, -0.25) is 14.5 Å². The number of thioether (sulfide) groups is 1. The van der Waals surface area contributed by atoms with Gasteiger partial charge in [-0.25, -0.2) is 8.78 Å². The summed E-state index contributed by atoms with van der Waals surface area (Å²) in [6.45, 7) is 3.78. The maximum absolute atomic E-state index is 14.3. The number of carbonyl (C=O) groups is 2. The molecule has 0 atom stereocenters. The molecule has 2 heterocycles. The summed E-state index contributed by atoms with van der Waals surface area (Å²) in [6, 6.07) is 14.0. The minimum absolute atomic E-state index is 0.0799. The van der Waals surface area contributed by atoms with E-state index in [-0.39, 0.29) is 23.4 Å². The van der Waals surface area contributed by atoms with Gasteiger partial charge in [0.25, 0.3) is 11.1 Å². The number of hydrogen-bond donors (Lipinski definition) is 0. The van der Waals surface area contributed by atoms with Crippen LogP contribution in [-0.2, 0) is 11.3 Å². The zero-order chi connectivity index (χ0) is 21.4. The van der Waals surface area contributed by atoms with Crippen molar-refractivity contribution in [2.75, 3.05) is 0 Å². The maximum Gasteiger partial charge on any atom is 0.293 e. The number of halogens is 2. The molecule has 1 aromatic heterocycles. The lowest BCUT2D eigenvalue weighted by atomic mass is 10.2. The van der Waals surface area contributed by atoms with E-state index in [9.17, 15) is 18.4 Å². The fourth-order valence-electron chi connectivity index (χ4n) is 3.49. The van der Waals surface area contributed by atoms with Crippen LogP contribution in [0.5, 0.6) is 0 Å². The number of imide groups is 1. The molecule has 0 saturated carbocycles. The Morgan fingerprint density at radius 3 is 2.40 bits per heavy atom. The summed E-state index contributed by atoms with van der Waals surface area (Å²) >= 11 is 0.863. The van der Waals surface area contributed by atoms with Gasteiger partial charge in [0.2, 0.25) is 0 Å². The van der Waals surface area contributed by atoms with Crippen molar-refractivity contribution in [2.45, 2.75) is 20.4 Å². The van der Waals surface area contributed by atoms with Gasteiger partial charge in [0.05, 0.1) is 17.1 Å². The lowest BCUT2D eigenvalue weighted by molar-refractivity contribution is -0.123. The Bertz CT molecular complexity index is 1180. The Balaban J connectivity index is 1.63. The molecular formula is C23H18F2N2O2S. The van der Waals surface area contributed by atoms with Crippen LogP contribution in [0, 0.1) is 25.5 Å². The van der Waals surface area contributed by atoms with Gasteiger partial charge in [0.15, 0.2) is 0 Å². The first-order valence-corrected chi connectivity index (χ1v) is 10.1. The molecule has 7 heteroatoms. The van der Waals surface area contributed by atoms with Crippen molar-refractivity contribution in [1.82, 2.24) is 9.47 Å². The quantitative estimate of drug-likeness (QED) is 0.512. The third-order valence-electron chi connectivity index (χ3n) is 4.98. The summed E-state index contributed by atoms with van der Waals surface area (Å²) in [4.78, 5) is 26.6. The molecule has 152 valence electrons. The van der Waals surface area contributed by atoms with Gasteiger partial charge >= 0.3 is 0 Å². The molecule has 1 saturated heterocycles. The molecule has 30 heavy (non-hydrogen) atoms. The molecule has 1 fully saturated rings. The summed E-state index contributed by atoms with van der Waals surface area (Å²) in [6.07, 6.45) is 1.66. The fraction of sp³-hybridized carbons (Fsp3) is 0.130. The Morgan fingerprint density at radius 1 is 1.00 bits per heavy atom. The highest BCUT2D eigenvalue weighted by Crippen LogP contribution is 2.34. The van der Waals surface area contributed by atoms with Crippen LogP contribution in [0.2, 0.25) is 0 Å². The zero-order valence-corrected chi connectivity index (χ0v) is 17.2. The van der Waals surface area contributed by atoms with Crippen molar-refractivity contribution in [1.29, 1.82) is 0 Å². The van der Waals surface area contributed by atoms with Crippen molar-refractivity contribution in [2.24, 2.45) is 0 Å². The van der Waals surface area contributed by atoms with E-state index in [0.717, 1.165) is 33.6 Å². The number of para-hydroxylation sites is 1. The van der Waals surface area contributed by atoms with Gasteiger partial charge in [0.1, 0.15) is 11.6 Å². The topological polar surface area (TPSA) is 42.3 Å². The number of benzene rings is 2. The predicted octanol–water partition coefficient (Wildman–Crippen LogP) is 5.61. The predicted molar refractivity (Wildman–Crippen MR) is 113 cm³/mol. The third kappa shape index (κ3) is 3.68. The van der Waals surface area contributed by atoms with Gasteiger partial charge in [0, 0.05) is 11.4 Å². The van der Waals surface area contributed by atoms with E-state index in [1.165, 1.54) is 18.2 Å². The number of aromatic nitrogens is 1. The molecule has 2 amide bonds. The summed E-state index contributed by atoms with van der Waals surface area (Å²) in [5, 5.41) is -0.376. The van der Waals surface area contributed by atoms with Crippen molar-refractivity contribution < 1.29 is 18.4 Å². The molecular weight excluding hydrogens is 406 g/mol. The Kier molecular flexibility index (Phi) is 5.30. The summed E-state index contributed by atoms with van der Waals surface area (Å²) < 4.78 is 29.2. The molecule has 0 unspecified atom stereocenters. The minimum Gasteiger partial charge on any atom is -0.315 e. The molecule has 0 bridgehead atoms. The second-order valence-electron chi connectivity index (χ2n) is 7.01. The van der Waals surface area contributed by atoms with Crippen LogP contribution in [0.4, 0.5) is 13.6 Å². The first-order valence-electron chi connectivity index (χ1n) is 9.29. The molecule has 0 aliphatic carbocycles. The highest BCUT2D eigenvalue weighted by atomic mass is 32.2. The number of amides is 2. The summed E-state index contributed by atoms with van der Waals surface area (Å²) in [7, 11) is 0. The van der Waals surface area contributed by atoms with Gasteiger partial charge in [-0.05, 0) is 73.1 Å². The average molecular weight is 424 g/mol. The first kappa shape index (κ1) is 20.1. The lowest BCUT2D eigenvalue weighted by Crippen LogP contribution is -2.27. The van der Waals surface area contributed by atoms with E-state index in [4.69, 9.17) is 0 Å². The van der Waals surface area contributed by atoms with Crippen LogP contribution in [0.25, 0.3) is 11.8 Å². The Morgan fingerprint density at radius 2 is 1.70 bits per heavy atom. The van der Waals surface area contributed by atoms with Gasteiger partial charge in [-0.2, -0.15) is 0 Å². The highest BCUT2D eigenvalue weighted by molar-refractivity contribution is 8.18. The van der Waals surface area contributed by atoms with Crippen molar-refractivity contribution >= 4 is 29.0 Å². The smallest absolute Gasteiger partial charge is 0.293 e. The number of hydrogen-bond acceptors (Lipinski definition) is 3. The van der Waals surface area contributed by atoms with Crippen molar-refractivity contribution in [3.8, 4) is 5.69 Å². The molecule has 4 nitrogen and oxygen atoms in total. The number of nitrogens with zero attached hydrogens (tertiary/aromatic N) is 2. The van der Waals surface area contributed by atoms with E-state index < -0.39 is 5.91 Å². The van der Waals surface area contributed by atoms with Crippen LogP contribution < -0.4 is 0 Å². The molecule has 4 rings (SSSR count). The molecule has 1 aliphatic rings. The molecule has 1 aliphatic heterocycles. The Labute approximate surface area is 176 Å². The standard InChI is InChI=1S/C23H18F2N2O2S/c1-14-11-17(15(2)27(14)20-6-4-3-5-19(20)25)12-21-22(28)26(23(29)30-21)13-16-7-9-18(24)10-8-16/h3-12H,13H2,1-2H3/b21-12-. The molecule has 0 radical (unpaired) electrons. The average Bonchev–Trinajstić information content (AvgIpc) is 3.14. The van der Waals surface area contributed by atoms with Gasteiger partial charge in [-0.1, -0.05) is 24.3 Å². The second kappa shape index (κ2) is 7.91. The van der Waals surface area contributed by atoms with Crippen LogP contribution in [0.3, 0.4) is 0 Å². The van der Waals surface area contributed by atoms with Crippen LogP contribution in [-0.4, -0.2) is 20.6 Å². The van der Waals surface area contributed by atoms with Crippen molar-refractivity contribution in [3.63, 3.8) is 0 Å². The summed E-state index contributed by atoms with van der Waals surface area (Å²) in [5.74, 6) is -1.12. The monoisotopic (exact) mass is 424 g/mol. The number of aryl methyl sites for hydroxylation is 1. The Hall–Kier alpha value is -3.19. The highest BCUT2D eigenvalue weighted by Gasteiger charge is 2.35. The number of carbonyl (C=O) groups excluding carboxylic acids is 2. The molecule has 2 aromatic carbocycles. The van der Waals surface area contributed by atoms with E-state index >= 15 is 0 Å². The first-order chi connectivity index (χ1) is 14.3. The van der Waals surface area contributed by atoms with E-state index in [0.29, 0.717) is 16.2 Å². The molecule has 0 N–H and O–H groups in total. The third-order valence-corrected chi connectivity index (χ3v) is 5.89. The molecule has 3 aromatic rings. The minimum atomic E-state index is -0.398. The van der Waals surface area contributed by atoms with Crippen LogP contribution in [0.1, 0.15) is 22.5 Å². The zero-order valence-electron chi connectivity index (χ0n) is 16.4. The lowest BCUT2D eigenvalue weighted by Gasteiger charge is -2.12. The van der Waals surface area contributed by atoms with E-state index in [1.807, 2.05) is 19.9 Å². The normalized spacial score (nSPS) is 15.5. The van der Waals surface area contributed by atoms with Gasteiger partial charge in [-0.15, -0.1) is 0 Å². The van der Waals surface area contributed by atoms with E-state index in [1.54, 1.807) is 41.0 Å². The SMILES string of the molecule is Cc1cc(/C=C2\SC(=O)N(Cc3ccc(F)cc3)C2=O)c(C)n1-c1ccccc1F. The van der Waals surface area contributed by atoms with Gasteiger partial charge < -0.3 is 4.57 Å². The molecule has 0 spiro atoms. The van der Waals surface area contributed by atoms with Crippen molar-refractivity contribution in [3.05, 3.63) is 93.7 Å². The maximum atomic E-state index is 14.3. The van der Waals surface area contributed by atoms with E-state index in [2.05, 4.69) is 0 Å². The van der Waals surface area contributed by atoms with Crippen LogP contribution >= 0.6 is 11.8 Å². The fourth-order valence-corrected chi connectivity index (χ4v) is 4.32. The summed E-state index contributed by atoms with van der Waals surface area (Å²) in [5.41, 5.74) is 3.41. The largest absolute Gasteiger partial charge is 0.315 e.